The van der Waals surface area contributed by atoms with E-state index >= 15 is 0 Å². The van der Waals surface area contributed by atoms with Crippen LogP contribution in [0.15, 0.2) is 48.5 Å². The SMILES string of the molecule is CCCc1ccc(C(=O)CCC(=O)OCC(=O)N2CC(=O)Nc3ccccc32)cc1. The van der Waals surface area contributed by atoms with E-state index < -0.39 is 18.5 Å². The van der Waals surface area contributed by atoms with Crippen LogP contribution in [0.3, 0.4) is 0 Å². The number of hydrogen-bond acceptors (Lipinski definition) is 5. The minimum atomic E-state index is -0.631. The summed E-state index contributed by atoms with van der Waals surface area (Å²) < 4.78 is 5.03. The van der Waals surface area contributed by atoms with Crippen LogP contribution in [0.2, 0.25) is 0 Å². The number of nitrogens with one attached hydrogen (secondary N) is 1. The summed E-state index contributed by atoms with van der Waals surface area (Å²) in [5.74, 6) is -1.59. The Morgan fingerprint density at radius 1 is 1.03 bits per heavy atom. The molecule has 0 aromatic heterocycles. The minimum Gasteiger partial charge on any atom is -0.456 e. The summed E-state index contributed by atoms with van der Waals surface area (Å²) >= 11 is 0. The van der Waals surface area contributed by atoms with Crippen LogP contribution in [0.5, 0.6) is 0 Å². The summed E-state index contributed by atoms with van der Waals surface area (Å²) in [6, 6.07) is 14.3. The van der Waals surface area contributed by atoms with E-state index in [1.807, 2.05) is 12.1 Å². The summed E-state index contributed by atoms with van der Waals surface area (Å²) in [6.07, 6.45) is 1.89. The Kier molecular flexibility index (Phi) is 6.95. The largest absolute Gasteiger partial charge is 0.456 e. The number of fused-ring (bicyclic) bond motifs is 1. The number of anilines is 2. The maximum absolute atomic E-state index is 12.5. The highest BCUT2D eigenvalue weighted by molar-refractivity contribution is 6.10. The Bertz CT molecular complexity index is 952. The Morgan fingerprint density at radius 2 is 1.77 bits per heavy atom. The fraction of sp³-hybridized carbons (Fsp3) is 0.304. The van der Waals surface area contributed by atoms with Crippen LogP contribution in [0.25, 0.3) is 0 Å². The lowest BCUT2D eigenvalue weighted by atomic mass is 10.0. The smallest absolute Gasteiger partial charge is 0.306 e. The van der Waals surface area contributed by atoms with Crippen LogP contribution < -0.4 is 10.2 Å². The summed E-state index contributed by atoms with van der Waals surface area (Å²) in [5, 5.41) is 2.69. The number of nitrogens with zero attached hydrogens (tertiary/aromatic N) is 1. The Hall–Kier alpha value is -3.48. The van der Waals surface area contributed by atoms with E-state index in [1.54, 1.807) is 36.4 Å². The molecule has 0 aliphatic carbocycles. The number of rotatable bonds is 8. The number of Topliss-reactive ketones (excluding diaryl/α,β-unsaturated/α-hetero) is 1. The van der Waals surface area contributed by atoms with Gasteiger partial charge in [-0.2, -0.15) is 0 Å². The third-order valence-corrected chi connectivity index (χ3v) is 4.80. The molecule has 1 heterocycles. The first kappa shape index (κ1) is 21.2. The van der Waals surface area contributed by atoms with E-state index in [9.17, 15) is 19.2 Å². The number of hydrogen-bond donors (Lipinski definition) is 1. The summed E-state index contributed by atoms with van der Waals surface area (Å²) in [5.41, 5.74) is 2.80. The van der Waals surface area contributed by atoms with Crippen molar-refractivity contribution in [3.8, 4) is 0 Å². The van der Waals surface area contributed by atoms with Gasteiger partial charge in [-0.05, 0) is 24.1 Å². The number of ether oxygens (including phenoxy) is 1. The molecule has 2 aromatic carbocycles. The van der Waals surface area contributed by atoms with Gasteiger partial charge in [-0.1, -0.05) is 49.7 Å². The highest BCUT2D eigenvalue weighted by Crippen LogP contribution is 2.28. The van der Waals surface area contributed by atoms with Gasteiger partial charge < -0.3 is 10.1 Å². The van der Waals surface area contributed by atoms with Gasteiger partial charge in [0.25, 0.3) is 5.91 Å². The standard InChI is InChI=1S/C23H24N2O5/c1-2-5-16-8-10-17(11-9-16)20(26)12-13-23(29)30-15-22(28)25-14-21(27)24-18-6-3-4-7-19(18)25/h3-4,6-11H,2,5,12-15H2,1H3,(H,24,27). The first-order valence-electron chi connectivity index (χ1n) is 9.95. The van der Waals surface area contributed by atoms with Gasteiger partial charge in [-0.25, -0.2) is 0 Å². The molecule has 2 aromatic rings. The van der Waals surface area contributed by atoms with Gasteiger partial charge in [0.05, 0.1) is 17.8 Å². The molecule has 3 rings (SSSR count). The fourth-order valence-electron chi connectivity index (χ4n) is 3.25. The molecule has 0 unspecified atom stereocenters. The van der Waals surface area contributed by atoms with Gasteiger partial charge in [-0.3, -0.25) is 24.1 Å². The van der Waals surface area contributed by atoms with Crippen molar-refractivity contribution < 1.29 is 23.9 Å². The maximum atomic E-state index is 12.5. The lowest BCUT2D eigenvalue weighted by molar-refractivity contribution is -0.147. The molecule has 30 heavy (non-hydrogen) atoms. The minimum absolute atomic E-state index is 0.00903. The van der Waals surface area contributed by atoms with Gasteiger partial charge in [0.15, 0.2) is 12.4 Å². The van der Waals surface area contributed by atoms with Crippen molar-refractivity contribution in [1.29, 1.82) is 0 Å². The molecular weight excluding hydrogens is 384 g/mol. The van der Waals surface area contributed by atoms with E-state index in [0.717, 1.165) is 12.8 Å². The molecular formula is C23H24N2O5. The molecule has 0 saturated carbocycles. The van der Waals surface area contributed by atoms with Crippen molar-refractivity contribution in [3.05, 3.63) is 59.7 Å². The molecule has 0 radical (unpaired) electrons. The predicted molar refractivity (Wildman–Crippen MR) is 112 cm³/mol. The molecule has 0 bridgehead atoms. The third-order valence-electron chi connectivity index (χ3n) is 4.80. The Morgan fingerprint density at radius 3 is 2.50 bits per heavy atom. The van der Waals surface area contributed by atoms with Gasteiger partial charge in [0.1, 0.15) is 6.54 Å². The molecule has 2 amide bonds. The van der Waals surface area contributed by atoms with Crippen LogP contribution in [0.4, 0.5) is 11.4 Å². The van der Waals surface area contributed by atoms with E-state index in [1.165, 1.54) is 10.5 Å². The number of para-hydroxylation sites is 2. The molecule has 1 aliphatic heterocycles. The van der Waals surface area contributed by atoms with E-state index in [2.05, 4.69) is 12.2 Å². The monoisotopic (exact) mass is 408 g/mol. The molecule has 1 aliphatic rings. The first-order chi connectivity index (χ1) is 14.5. The zero-order valence-corrected chi connectivity index (χ0v) is 16.8. The number of carbonyl (C=O) groups is 4. The quantitative estimate of drug-likeness (QED) is 0.535. The second-order valence-electron chi connectivity index (χ2n) is 7.08. The zero-order valence-electron chi connectivity index (χ0n) is 16.8. The number of carbonyl (C=O) groups excluding carboxylic acids is 4. The van der Waals surface area contributed by atoms with E-state index in [0.29, 0.717) is 16.9 Å². The molecule has 156 valence electrons. The topological polar surface area (TPSA) is 92.8 Å². The Balaban J connectivity index is 1.48. The van der Waals surface area contributed by atoms with Crippen LogP contribution in [0, 0.1) is 0 Å². The van der Waals surface area contributed by atoms with Gasteiger partial charge in [0.2, 0.25) is 5.91 Å². The predicted octanol–water partition coefficient (Wildman–Crippen LogP) is 3.13. The summed E-state index contributed by atoms with van der Waals surface area (Å²) in [6.45, 7) is 1.47. The molecule has 0 saturated heterocycles. The summed E-state index contributed by atoms with van der Waals surface area (Å²) in [7, 11) is 0. The van der Waals surface area contributed by atoms with Crippen LogP contribution in [0.1, 0.15) is 42.1 Å². The van der Waals surface area contributed by atoms with Crippen molar-refractivity contribution in [1.82, 2.24) is 0 Å². The zero-order chi connectivity index (χ0) is 21.5. The number of ketones is 1. The lowest BCUT2D eigenvalue weighted by Crippen LogP contribution is -2.44. The molecule has 7 heteroatoms. The summed E-state index contributed by atoms with van der Waals surface area (Å²) in [4.78, 5) is 49.8. The van der Waals surface area contributed by atoms with Gasteiger partial charge in [0, 0.05) is 12.0 Å². The number of benzene rings is 2. The van der Waals surface area contributed by atoms with Crippen molar-refractivity contribution in [2.45, 2.75) is 32.6 Å². The van der Waals surface area contributed by atoms with Crippen LogP contribution in [-0.4, -0.2) is 36.7 Å². The van der Waals surface area contributed by atoms with Gasteiger partial charge >= 0.3 is 5.97 Å². The van der Waals surface area contributed by atoms with Crippen molar-refractivity contribution in [3.63, 3.8) is 0 Å². The van der Waals surface area contributed by atoms with Crippen LogP contribution in [-0.2, 0) is 25.5 Å². The normalized spacial score (nSPS) is 12.7. The maximum Gasteiger partial charge on any atom is 0.306 e. The number of esters is 1. The number of aryl methyl sites for hydroxylation is 1. The molecule has 7 nitrogen and oxygen atoms in total. The van der Waals surface area contributed by atoms with E-state index in [-0.39, 0.29) is 31.1 Å². The fourth-order valence-corrected chi connectivity index (χ4v) is 3.25. The third kappa shape index (κ3) is 5.31. The molecule has 1 N–H and O–H groups in total. The molecule has 0 atom stereocenters. The second-order valence-corrected chi connectivity index (χ2v) is 7.08. The molecule has 0 spiro atoms. The number of amides is 2. The van der Waals surface area contributed by atoms with Crippen LogP contribution >= 0.6 is 0 Å². The van der Waals surface area contributed by atoms with Gasteiger partial charge in [-0.15, -0.1) is 0 Å². The highest BCUT2D eigenvalue weighted by Gasteiger charge is 2.27. The van der Waals surface area contributed by atoms with E-state index in [4.69, 9.17) is 4.74 Å². The lowest BCUT2D eigenvalue weighted by Gasteiger charge is -2.28. The average molecular weight is 408 g/mol. The average Bonchev–Trinajstić information content (AvgIpc) is 2.76. The first-order valence-corrected chi connectivity index (χ1v) is 9.95. The van der Waals surface area contributed by atoms with Crippen molar-refractivity contribution in [2.24, 2.45) is 0 Å². The molecule has 0 fully saturated rings. The van der Waals surface area contributed by atoms with Crippen molar-refractivity contribution >= 4 is 34.9 Å². The highest BCUT2D eigenvalue weighted by atomic mass is 16.5. The Labute approximate surface area is 175 Å². The van der Waals surface area contributed by atoms with Crippen molar-refractivity contribution in [2.75, 3.05) is 23.4 Å². The second kappa shape index (κ2) is 9.82.